The first-order valence-electron chi connectivity index (χ1n) is 6.09. The van der Waals surface area contributed by atoms with Gasteiger partial charge in [0.15, 0.2) is 0 Å². The van der Waals surface area contributed by atoms with Gasteiger partial charge >= 0.3 is 0 Å². The summed E-state index contributed by atoms with van der Waals surface area (Å²) in [5.41, 5.74) is 3.69. The molecule has 0 spiro atoms. The molecular formula is C15H13IN2O3. The molecule has 3 N–H and O–H groups in total. The molecule has 0 fully saturated rings. The Balaban J connectivity index is 2.13. The van der Waals surface area contributed by atoms with Crippen LogP contribution in [0.15, 0.2) is 41.5 Å². The number of aryl methyl sites for hydroxylation is 1. The Morgan fingerprint density at radius 3 is 2.71 bits per heavy atom. The van der Waals surface area contributed by atoms with Gasteiger partial charge in [0.1, 0.15) is 11.5 Å². The predicted octanol–water partition coefficient (Wildman–Crippen LogP) is 2.77. The lowest BCUT2D eigenvalue weighted by Crippen LogP contribution is -2.17. The number of carbonyl (C=O) groups is 1. The largest absolute Gasteiger partial charge is 0.507 e. The van der Waals surface area contributed by atoms with Gasteiger partial charge in [-0.05, 0) is 59.3 Å². The SMILES string of the molecule is Cc1cc(I)cc(/C=N/NC(=O)c2ccccc2O)c1O. The number of hydrazone groups is 1. The summed E-state index contributed by atoms with van der Waals surface area (Å²) in [7, 11) is 0. The molecule has 0 saturated carbocycles. The van der Waals surface area contributed by atoms with E-state index in [1.807, 2.05) is 6.07 Å². The Bertz CT molecular complexity index is 714. The lowest BCUT2D eigenvalue weighted by molar-refractivity contribution is 0.0952. The zero-order valence-electron chi connectivity index (χ0n) is 11.2. The number of nitrogens with one attached hydrogen (secondary N) is 1. The van der Waals surface area contributed by atoms with Crippen molar-refractivity contribution in [2.75, 3.05) is 0 Å². The number of nitrogens with zero attached hydrogens (tertiary/aromatic N) is 1. The van der Waals surface area contributed by atoms with Gasteiger partial charge in [-0.25, -0.2) is 5.43 Å². The van der Waals surface area contributed by atoms with Gasteiger partial charge in [-0.2, -0.15) is 5.10 Å². The second-order valence-corrected chi connectivity index (χ2v) is 5.62. The number of benzene rings is 2. The molecule has 0 unspecified atom stereocenters. The maximum atomic E-state index is 11.8. The van der Waals surface area contributed by atoms with E-state index in [0.717, 1.165) is 9.13 Å². The summed E-state index contributed by atoms with van der Waals surface area (Å²) < 4.78 is 0.955. The third kappa shape index (κ3) is 3.72. The van der Waals surface area contributed by atoms with Crippen LogP contribution in [0.5, 0.6) is 11.5 Å². The number of amides is 1. The van der Waals surface area contributed by atoms with E-state index < -0.39 is 5.91 Å². The molecule has 0 saturated heterocycles. The minimum atomic E-state index is -0.522. The van der Waals surface area contributed by atoms with Crippen LogP contribution in [0.1, 0.15) is 21.5 Å². The average Bonchev–Trinajstić information content (AvgIpc) is 2.44. The number of rotatable bonds is 3. The molecule has 6 heteroatoms. The third-order valence-corrected chi connectivity index (χ3v) is 3.44. The van der Waals surface area contributed by atoms with Crippen molar-refractivity contribution in [3.63, 3.8) is 0 Å². The fourth-order valence-electron chi connectivity index (χ4n) is 1.75. The third-order valence-electron chi connectivity index (χ3n) is 2.81. The van der Waals surface area contributed by atoms with E-state index in [1.165, 1.54) is 18.3 Å². The fraction of sp³-hybridized carbons (Fsp3) is 0.0667. The molecule has 1 amide bonds. The monoisotopic (exact) mass is 396 g/mol. The number of para-hydroxylation sites is 1. The van der Waals surface area contributed by atoms with Gasteiger partial charge in [0.05, 0.1) is 11.8 Å². The van der Waals surface area contributed by atoms with Crippen LogP contribution in [0.3, 0.4) is 0 Å². The second kappa shape index (κ2) is 6.57. The van der Waals surface area contributed by atoms with Crippen molar-refractivity contribution < 1.29 is 15.0 Å². The van der Waals surface area contributed by atoms with Crippen molar-refractivity contribution >= 4 is 34.7 Å². The highest BCUT2D eigenvalue weighted by Crippen LogP contribution is 2.23. The zero-order chi connectivity index (χ0) is 15.4. The average molecular weight is 396 g/mol. The normalized spacial score (nSPS) is 10.8. The number of aromatic hydroxyl groups is 2. The molecule has 108 valence electrons. The molecule has 5 nitrogen and oxygen atoms in total. The van der Waals surface area contributed by atoms with Crippen molar-refractivity contribution in [3.8, 4) is 11.5 Å². The summed E-state index contributed by atoms with van der Waals surface area (Å²) in [5.74, 6) is -0.514. The maximum absolute atomic E-state index is 11.8. The molecule has 0 bridgehead atoms. The van der Waals surface area contributed by atoms with Crippen molar-refractivity contribution in [1.82, 2.24) is 5.43 Å². The summed E-state index contributed by atoms with van der Waals surface area (Å²) in [4.78, 5) is 11.8. The molecule has 0 aliphatic rings. The van der Waals surface area contributed by atoms with Gasteiger partial charge in [0, 0.05) is 9.13 Å². The van der Waals surface area contributed by atoms with Crippen LogP contribution >= 0.6 is 22.6 Å². The van der Waals surface area contributed by atoms with E-state index in [1.54, 1.807) is 25.1 Å². The highest BCUT2D eigenvalue weighted by molar-refractivity contribution is 14.1. The maximum Gasteiger partial charge on any atom is 0.275 e. The topological polar surface area (TPSA) is 81.9 Å². The number of hydrogen-bond acceptors (Lipinski definition) is 4. The van der Waals surface area contributed by atoms with Gasteiger partial charge in [0.2, 0.25) is 0 Å². The van der Waals surface area contributed by atoms with Crippen molar-refractivity contribution in [1.29, 1.82) is 0 Å². The Kier molecular flexibility index (Phi) is 4.79. The first-order chi connectivity index (χ1) is 9.99. The molecule has 0 aromatic heterocycles. The molecule has 2 aromatic rings. The summed E-state index contributed by atoms with van der Waals surface area (Å²) in [6, 6.07) is 9.78. The number of phenolic OH excluding ortho intramolecular Hbond substituents is 2. The molecule has 2 rings (SSSR count). The quantitative estimate of drug-likeness (QED) is 0.424. The molecule has 21 heavy (non-hydrogen) atoms. The summed E-state index contributed by atoms with van der Waals surface area (Å²) in [6.45, 7) is 1.79. The molecule has 0 radical (unpaired) electrons. The van der Waals surface area contributed by atoms with Crippen LogP contribution in [0.2, 0.25) is 0 Å². The van der Waals surface area contributed by atoms with Crippen molar-refractivity contribution in [2.24, 2.45) is 5.10 Å². The lowest BCUT2D eigenvalue weighted by Gasteiger charge is -2.04. The van der Waals surface area contributed by atoms with Crippen LogP contribution in [0.4, 0.5) is 0 Å². The van der Waals surface area contributed by atoms with E-state index in [9.17, 15) is 15.0 Å². The Labute approximate surface area is 135 Å². The van der Waals surface area contributed by atoms with Gasteiger partial charge in [0.25, 0.3) is 5.91 Å². The first kappa shape index (κ1) is 15.3. The van der Waals surface area contributed by atoms with E-state index in [-0.39, 0.29) is 17.1 Å². The van der Waals surface area contributed by atoms with Crippen LogP contribution in [0, 0.1) is 10.5 Å². The summed E-state index contributed by atoms with van der Waals surface area (Å²) >= 11 is 2.13. The molecule has 0 atom stereocenters. The molecule has 0 aliphatic carbocycles. The Hall–Kier alpha value is -2.09. The van der Waals surface area contributed by atoms with Gasteiger partial charge in [-0.3, -0.25) is 4.79 Å². The second-order valence-electron chi connectivity index (χ2n) is 4.38. The highest BCUT2D eigenvalue weighted by atomic mass is 127. The van der Waals surface area contributed by atoms with E-state index in [4.69, 9.17) is 0 Å². The molecular weight excluding hydrogens is 383 g/mol. The van der Waals surface area contributed by atoms with Gasteiger partial charge < -0.3 is 10.2 Å². The van der Waals surface area contributed by atoms with Crippen molar-refractivity contribution in [3.05, 3.63) is 56.7 Å². The fourth-order valence-corrected chi connectivity index (χ4v) is 2.55. The minimum absolute atomic E-state index is 0.113. The van der Waals surface area contributed by atoms with Crippen LogP contribution < -0.4 is 5.43 Å². The van der Waals surface area contributed by atoms with Crippen LogP contribution in [-0.2, 0) is 0 Å². The zero-order valence-corrected chi connectivity index (χ0v) is 13.3. The number of hydrogen-bond donors (Lipinski definition) is 3. The van der Waals surface area contributed by atoms with E-state index >= 15 is 0 Å². The number of carbonyl (C=O) groups excluding carboxylic acids is 1. The smallest absolute Gasteiger partial charge is 0.275 e. The Morgan fingerprint density at radius 1 is 1.29 bits per heavy atom. The van der Waals surface area contributed by atoms with Crippen LogP contribution in [-0.4, -0.2) is 22.3 Å². The molecule has 0 heterocycles. The van der Waals surface area contributed by atoms with E-state index in [0.29, 0.717) is 5.56 Å². The highest BCUT2D eigenvalue weighted by Gasteiger charge is 2.09. The lowest BCUT2D eigenvalue weighted by atomic mass is 10.1. The van der Waals surface area contributed by atoms with E-state index in [2.05, 4.69) is 33.1 Å². The molecule has 0 aliphatic heterocycles. The summed E-state index contributed by atoms with van der Waals surface area (Å²) in [5, 5.41) is 23.3. The summed E-state index contributed by atoms with van der Waals surface area (Å²) in [6.07, 6.45) is 1.36. The Morgan fingerprint density at radius 2 is 2.00 bits per heavy atom. The molecule has 2 aromatic carbocycles. The first-order valence-corrected chi connectivity index (χ1v) is 7.17. The van der Waals surface area contributed by atoms with Gasteiger partial charge in [-0.1, -0.05) is 12.1 Å². The minimum Gasteiger partial charge on any atom is -0.507 e. The predicted molar refractivity (Wildman–Crippen MR) is 88.7 cm³/mol. The van der Waals surface area contributed by atoms with Gasteiger partial charge in [-0.15, -0.1) is 0 Å². The van der Waals surface area contributed by atoms with Crippen LogP contribution in [0.25, 0.3) is 0 Å². The van der Waals surface area contributed by atoms with Crippen molar-refractivity contribution in [2.45, 2.75) is 6.92 Å². The number of phenols is 2. The standard InChI is InChI=1S/C15H13IN2O3/c1-9-6-11(16)7-10(14(9)20)8-17-18-15(21)12-4-2-3-5-13(12)19/h2-8,19-20H,1H3,(H,18,21)/b17-8+. The number of halogens is 1.